The highest BCUT2D eigenvalue weighted by molar-refractivity contribution is 5.85. The minimum Gasteiger partial charge on any atom is -0.314 e. The van der Waals surface area contributed by atoms with Crippen molar-refractivity contribution in [2.24, 2.45) is 0 Å². The van der Waals surface area contributed by atoms with Crippen LogP contribution in [0.2, 0.25) is 0 Å². The zero-order valence-corrected chi connectivity index (χ0v) is 13.3. The monoisotopic (exact) mass is 300 g/mol. The second-order valence-electron chi connectivity index (χ2n) is 5.60. The lowest BCUT2D eigenvalue weighted by molar-refractivity contribution is 0.157. The van der Waals surface area contributed by atoms with Crippen LogP contribution >= 0.6 is 12.4 Å². The third-order valence-corrected chi connectivity index (χ3v) is 3.94. The molecule has 1 saturated heterocycles. The molecule has 114 valence electrons. The van der Waals surface area contributed by atoms with Crippen molar-refractivity contribution in [3.05, 3.63) is 35.4 Å². The first-order valence-corrected chi connectivity index (χ1v) is 7.33. The summed E-state index contributed by atoms with van der Waals surface area (Å²) in [6.07, 6.45) is 0.599. The summed E-state index contributed by atoms with van der Waals surface area (Å²) in [5.74, 6) is 0.522. The number of benzene rings is 1. The lowest BCUT2D eigenvalue weighted by Crippen LogP contribution is -2.45. The van der Waals surface area contributed by atoms with Crippen molar-refractivity contribution in [1.82, 2.24) is 10.2 Å². The molecule has 1 atom stereocenters. The maximum Gasteiger partial charge on any atom is 0.0912 e. The van der Waals surface area contributed by atoms with Crippen LogP contribution in [0.5, 0.6) is 0 Å². The van der Waals surface area contributed by atoms with E-state index in [0.717, 1.165) is 26.2 Å². The number of hydrogen-bond acceptors (Lipinski definition) is 2. The fourth-order valence-electron chi connectivity index (χ4n) is 2.78. The van der Waals surface area contributed by atoms with Crippen molar-refractivity contribution < 1.29 is 4.39 Å². The van der Waals surface area contributed by atoms with Gasteiger partial charge in [-0.1, -0.05) is 38.1 Å². The molecule has 0 aromatic heterocycles. The van der Waals surface area contributed by atoms with Crippen molar-refractivity contribution in [2.75, 3.05) is 32.9 Å². The molecule has 0 bridgehead atoms. The van der Waals surface area contributed by atoms with E-state index in [1.54, 1.807) is 0 Å². The van der Waals surface area contributed by atoms with E-state index in [2.05, 4.69) is 48.3 Å². The van der Waals surface area contributed by atoms with Gasteiger partial charge in [0.15, 0.2) is 0 Å². The zero-order valence-electron chi connectivity index (χ0n) is 12.4. The summed E-state index contributed by atoms with van der Waals surface area (Å²) in [6, 6.07) is 8.91. The standard InChI is InChI=1S/C16H25FN2.ClH/c1-13(2)14-4-3-5-15(12-14)16(6-7-17)19-10-8-18-9-11-19;/h3-5,12-13,16,18H,6-11H2,1-2H3;1H/t16-;/m0./s1. The molecular weight excluding hydrogens is 275 g/mol. The van der Waals surface area contributed by atoms with Gasteiger partial charge in [0.05, 0.1) is 6.67 Å². The van der Waals surface area contributed by atoms with Gasteiger partial charge in [0.2, 0.25) is 0 Å². The van der Waals surface area contributed by atoms with Crippen LogP contribution in [0.15, 0.2) is 24.3 Å². The van der Waals surface area contributed by atoms with E-state index in [1.807, 2.05) is 0 Å². The molecule has 0 unspecified atom stereocenters. The van der Waals surface area contributed by atoms with Gasteiger partial charge in [-0.05, 0) is 23.5 Å². The smallest absolute Gasteiger partial charge is 0.0912 e. The molecule has 0 aliphatic carbocycles. The van der Waals surface area contributed by atoms with Crippen molar-refractivity contribution in [2.45, 2.75) is 32.2 Å². The molecule has 1 aliphatic heterocycles. The number of alkyl halides is 1. The van der Waals surface area contributed by atoms with Gasteiger partial charge < -0.3 is 5.32 Å². The Morgan fingerprint density at radius 1 is 1.20 bits per heavy atom. The number of nitrogens with one attached hydrogen (secondary N) is 1. The quantitative estimate of drug-likeness (QED) is 0.895. The van der Waals surface area contributed by atoms with Crippen molar-refractivity contribution in [1.29, 1.82) is 0 Å². The van der Waals surface area contributed by atoms with Gasteiger partial charge in [-0.2, -0.15) is 0 Å². The van der Waals surface area contributed by atoms with Gasteiger partial charge >= 0.3 is 0 Å². The highest BCUT2D eigenvalue weighted by atomic mass is 35.5. The Bertz CT molecular complexity index is 392. The van der Waals surface area contributed by atoms with E-state index in [1.165, 1.54) is 11.1 Å². The maximum atomic E-state index is 12.9. The molecule has 0 spiro atoms. The predicted molar refractivity (Wildman–Crippen MR) is 85.6 cm³/mol. The third kappa shape index (κ3) is 4.44. The Balaban J connectivity index is 0.00000200. The summed E-state index contributed by atoms with van der Waals surface area (Å²) in [6.45, 7) is 8.19. The van der Waals surface area contributed by atoms with Crippen LogP contribution in [0, 0.1) is 0 Å². The Morgan fingerprint density at radius 2 is 1.85 bits per heavy atom. The van der Waals surface area contributed by atoms with E-state index in [0.29, 0.717) is 12.3 Å². The number of piperazine rings is 1. The number of nitrogens with zero attached hydrogens (tertiary/aromatic N) is 1. The van der Waals surface area contributed by atoms with Gasteiger partial charge in [0, 0.05) is 32.2 Å². The summed E-state index contributed by atoms with van der Waals surface area (Å²) in [5, 5.41) is 3.36. The molecule has 4 heteroatoms. The summed E-state index contributed by atoms with van der Waals surface area (Å²) in [4.78, 5) is 2.41. The fourth-order valence-corrected chi connectivity index (χ4v) is 2.78. The molecule has 1 N–H and O–H groups in total. The Kier molecular flexibility index (Phi) is 7.49. The van der Waals surface area contributed by atoms with Gasteiger partial charge in [0.1, 0.15) is 0 Å². The van der Waals surface area contributed by atoms with E-state index in [-0.39, 0.29) is 25.1 Å². The lowest BCUT2D eigenvalue weighted by Gasteiger charge is -2.35. The molecule has 1 aromatic carbocycles. The largest absolute Gasteiger partial charge is 0.314 e. The molecule has 0 radical (unpaired) electrons. The second-order valence-corrected chi connectivity index (χ2v) is 5.60. The molecular formula is C16H26ClFN2. The first-order valence-electron chi connectivity index (χ1n) is 7.33. The molecule has 2 rings (SSSR count). The van der Waals surface area contributed by atoms with Crippen LogP contribution in [0.1, 0.15) is 43.4 Å². The van der Waals surface area contributed by atoms with E-state index in [4.69, 9.17) is 0 Å². The summed E-state index contributed by atoms with van der Waals surface area (Å²) in [7, 11) is 0. The average molecular weight is 301 g/mol. The van der Waals surface area contributed by atoms with Crippen molar-refractivity contribution in [3.63, 3.8) is 0 Å². The molecule has 2 nitrogen and oxygen atoms in total. The van der Waals surface area contributed by atoms with Crippen LogP contribution in [-0.2, 0) is 0 Å². The zero-order chi connectivity index (χ0) is 13.7. The predicted octanol–water partition coefficient (Wildman–Crippen LogP) is 3.54. The topological polar surface area (TPSA) is 15.3 Å². The Hall–Kier alpha value is -0.640. The van der Waals surface area contributed by atoms with E-state index < -0.39 is 0 Å². The molecule has 20 heavy (non-hydrogen) atoms. The van der Waals surface area contributed by atoms with E-state index >= 15 is 0 Å². The fraction of sp³-hybridized carbons (Fsp3) is 0.625. The van der Waals surface area contributed by atoms with Crippen LogP contribution in [0.25, 0.3) is 0 Å². The second kappa shape index (κ2) is 8.60. The first-order chi connectivity index (χ1) is 9.22. The maximum absolute atomic E-state index is 12.9. The van der Waals surface area contributed by atoms with Crippen LogP contribution < -0.4 is 5.32 Å². The molecule has 1 heterocycles. The SMILES string of the molecule is CC(C)c1cccc([C@H](CCF)N2CCNCC2)c1.Cl. The third-order valence-electron chi connectivity index (χ3n) is 3.94. The number of rotatable bonds is 5. The van der Waals surface area contributed by atoms with Gasteiger partial charge in [-0.25, -0.2) is 0 Å². The number of halogens is 2. The highest BCUT2D eigenvalue weighted by Gasteiger charge is 2.22. The van der Waals surface area contributed by atoms with Gasteiger partial charge in [-0.15, -0.1) is 12.4 Å². The van der Waals surface area contributed by atoms with Crippen molar-refractivity contribution in [3.8, 4) is 0 Å². The van der Waals surface area contributed by atoms with E-state index in [9.17, 15) is 4.39 Å². The highest BCUT2D eigenvalue weighted by Crippen LogP contribution is 2.27. The summed E-state index contributed by atoms with van der Waals surface area (Å²) < 4.78 is 12.9. The molecule has 1 aliphatic rings. The molecule has 0 amide bonds. The van der Waals surface area contributed by atoms with Gasteiger partial charge in [0.25, 0.3) is 0 Å². The van der Waals surface area contributed by atoms with Gasteiger partial charge in [-0.3, -0.25) is 9.29 Å². The normalized spacial score (nSPS) is 17.8. The summed E-state index contributed by atoms with van der Waals surface area (Å²) >= 11 is 0. The molecule has 1 fully saturated rings. The Labute approximate surface area is 128 Å². The minimum absolute atomic E-state index is 0. The first kappa shape index (κ1) is 17.4. The average Bonchev–Trinajstić information content (AvgIpc) is 2.46. The minimum atomic E-state index is -0.250. The van der Waals surface area contributed by atoms with Crippen molar-refractivity contribution >= 4 is 12.4 Å². The molecule has 1 aromatic rings. The Morgan fingerprint density at radius 3 is 2.45 bits per heavy atom. The van der Waals surface area contributed by atoms with Crippen LogP contribution in [-0.4, -0.2) is 37.8 Å². The molecule has 0 saturated carbocycles. The number of hydrogen-bond donors (Lipinski definition) is 1. The van der Waals surface area contributed by atoms with Crippen LogP contribution in [0.4, 0.5) is 4.39 Å². The van der Waals surface area contributed by atoms with Crippen LogP contribution in [0.3, 0.4) is 0 Å². The summed E-state index contributed by atoms with van der Waals surface area (Å²) in [5.41, 5.74) is 2.61. The lowest BCUT2D eigenvalue weighted by atomic mass is 9.95.